The number of alkyl halides is 3. The number of hydrogen-bond acceptors (Lipinski definition) is 6. The van der Waals surface area contributed by atoms with Gasteiger partial charge in [-0.2, -0.15) is 13.2 Å². The van der Waals surface area contributed by atoms with E-state index in [9.17, 15) is 32.7 Å². The first-order valence-electron chi connectivity index (χ1n) is 11.4. The maximum atomic E-state index is 13.3. The highest BCUT2D eigenvalue weighted by atomic mass is 19.4. The lowest BCUT2D eigenvalue weighted by atomic mass is 9.97. The SMILES string of the molecule is CC(C)(C)OC(=O)c1c(COc2ccc(-c3ccc(CC(=O)O)cc3C=O)cc2)ccc(C(F)(F)F)c1O. The Balaban J connectivity index is 1.86. The molecule has 0 fully saturated rings. The molecule has 7 nitrogen and oxygen atoms in total. The number of benzene rings is 3. The highest BCUT2D eigenvalue weighted by Gasteiger charge is 2.37. The molecule has 0 aliphatic heterocycles. The number of phenols is 1. The Bertz CT molecular complexity index is 1350. The Hall–Kier alpha value is -4.34. The molecule has 0 saturated heterocycles. The Morgan fingerprint density at radius 3 is 2.18 bits per heavy atom. The molecule has 0 unspecified atom stereocenters. The Morgan fingerprint density at radius 1 is 0.974 bits per heavy atom. The van der Waals surface area contributed by atoms with E-state index in [1.807, 2.05) is 0 Å². The minimum absolute atomic E-state index is 0.00825. The molecule has 3 aromatic carbocycles. The average Bonchev–Trinajstić information content (AvgIpc) is 2.80. The van der Waals surface area contributed by atoms with Crippen LogP contribution in [0, 0.1) is 0 Å². The molecule has 0 heterocycles. The van der Waals surface area contributed by atoms with Crippen LogP contribution in [0.3, 0.4) is 0 Å². The number of rotatable bonds is 8. The van der Waals surface area contributed by atoms with E-state index in [0.717, 1.165) is 6.07 Å². The third-order valence-corrected chi connectivity index (χ3v) is 5.33. The van der Waals surface area contributed by atoms with Gasteiger partial charge in [0.15, 0.2) is 6.29 Å². The van der Waals surface area contributed by atoms with Gasteiger partial charge >= 0.3 is 18.1 Å². The number of hydrogen-bond donors (Lipinski definition) is 2. The summed E-state index contributed by atoms with van der Waals surface area (Å²) in [5.74, 6) is -3.08. The zero-order valence-corrected chi connectivity index (χ0v) is 20.8. The third kappa shape index (κ3) is 6.90. The average molecular weight is 530 g/mol. The Labute approximate surface area is 216 Å². The van der Waals surface area contributed by atoms with Crippen molar-refractivity contribution in [2.45, 2.75) is 45.6 Å². The van der Waals surface area contributed by atoms with E-state index in [2.05, 4.69) is 0 Å². The molecule has 3 rings (SSSR count). The van der Waals surface area contributed by atoms with E-state index in [1.54, 1.807) is 57.2 Å². The summed E-state index contributed by atoms with van der Waals surface area (Å²) >= 11 is 0. The van der Waals surface area contributed by atoms with Crippen LogP contribution in [0.25, 0.3) is 11.1 Å². The number of aliphatic carboxylic acids is 1. The van der Waals surface area contributed by atoms with Crippen LogP contribution in [-0.4, -0.2) is 34.0 Å². The number of carbonyl (C=O) groups is 3. The molecule has 0 aromatic heterocycles. The second-order valence-corrected chi connectivity index (χ2v) is 9.42. The molecule has 2 N–H and O–H groups in total. The van der Waals surface area contributed by atoms with Crippen LogP contribution < -0.4 is 4.74 Å². The third-order valence-electron chi connectivity index (χ3n) is 5.33. The number of aldehydes is 1. The van der Waals surface area contributed by atoms with Crippen molar-refractivity contribution in [2.75, 3.05) is 0 Å². The molecule has 38 heavy (non-hydrogen) atoms. The first-order valence-corrected chi connectivity index (χ1v) is 11.4. The van der Waals surface area contributed by atoms with Crippen LogP contribution in [0.4, 0.5) is 13.2 Å². The van der Waals surface area contributed by atoms with Gasteiger partial charge in [-0.15, -0.1) is 0 Å². The van der Waals surface area contributed by atoms with Gasteiger partial charge in [0.25, 0.3) is 0 Å². The summed E-state index contributed by atoms with van der Waals surface area (Å²) in [4.78, 5) is 35.2. The predicted octanol–water partition coefficient (Wildman–Crippen LogP) is 6.05. The zero-order chi connectivity index (χ0) is 28.3. The normalized spacial score (nSPS) is 11.6. The molecule has 200 valence electrons. The van der Waals surface area contributed by atoms with Gasteiger partial charge in [0.1, 0.15) is 29.3 Å². The van der Waals surface area contributed by atoms with Gasteiger partial charge in [-0.1, -0.05) is 30.3 Å². The maximum Gasteiger partial charge on any atom is 0.419 e. The van der Waals surface area contributed by atoms with E-state index in [4.69, 9.17) is 14.6 Å². The summed E-state index contributed by atoms with van der Waals surface area (Å²) in [7, 11) is 0. The molecular formula is C28H25F3O7. The van der Waals surface area contributed by atoms with Crippen molar-refractivity contribution in [3.05, 3.63) is 82.4 Å². The van der Waals surface area contributed by atoms with E-state index in [0.29, 0.717) is 40.4 Å². The summed E-state index contributed by atoms with van der Waals surface area (Å²) in [5, 5.41) is 19.3. The number of ether oxygens (including phenoxy) is 2. The number of esters is 1. The molecule has 0 aliphatic rings. The van der Waals surface area contributed by atoms with Gasteiger partial charge in [0, 0.05) is 11.1 Å². The molecule has 0 atom stereocenters. The minimum atomic E-state index is -4.89. The number of carbonyl (C=O) groups excluding carboxylic acids is 2. The smallest absolute Gasteiger partial charge is 0.419 e. The second-order valence-electron chi connectivity index (χ2n) is 9.42. The van der Waals surface area contributed by atoms with E-state index >= 15 is 0 Å². The Morgan fingerprint density at radius 2 is 1.63 bits per heavy atom. The topological polar surface area (TPSA) is 110 Å². The molecule has 0 bridgehead atoms. The second kappa shape index (κ2) is 11.0. The largest absolute Gasteiger partial charge is 0.506 e. The van der Waals surface area contributed by atoms with Gasteiger partial charge in [0.05, 0.1) is 12.0 Å². The fourth-order valence-corrected chi connectivity index (χ4v) is 3.69. The molecule has 0 radical (unpaired) electrons. The number of phenolic OH excluding ortho intramolecular Hbond substituents is 1. The van der Waals surface area contributed by atoms with Crippen molar-refractivity contribution in [1.29, 1.82) is 0 Å². The number of carboxylic acid groups (broad SMARTS) is 1. The summed E-state index contributed by atoms with van der Waals surface area (Å²) in [6.45, 7) is 4.29. The van der Waals surface area contributed by atoms with Crippen molar-refractivity contribution in [3.63, 3.8) is 0 Å². The van der Waals surface area contributed by atoms with Crippen LogP contribution in [0.5, 0.6) is 11.5 Å². The molecule has 0 amide bonds. The van der Waals surface area contributed by atoms with Crippen molar-refractivity contribution in [1.82, 2.24) is 0 Å². The predicted molar refractivity (Wildman–Crippen MR) is 131 cm³/mol. The van der Waals surface area contributed by atoms with Crippen molar-refractivity contribution in [3.8, 4) is 22.6 Å². The van der Waals surface area contributed by atoms with Crippen LogP contribution in [-0.2, 0) is 28.7 Å². The molecule has 0 aliphatic carbocycles. The maximum absolute atomic E-state index is 13.3. The highest BCUT2D eigenvalue weighted by Crippen LogP contribution is 2.39. The first kappa shape index (κ1) is 28.2. The lowest BCUT2D eigenvalue weighted by molar-refractivity contribution is -0.139. The number of aromatic hydroxyl groups is 1. The highest BCUT2D eigenvalue weighted by molar-refractivity contribution is 5.95. The van der Waals surface area contributed by atoms with E-state index in [-0.39, 0.29) is 18.6 Å². The van der Waals surface area contributed by atoms with Crippen LogP contribution in [0.2, 0.25) is 0 Å². The van der Waals surface area contributed by atoms with Crippen molar-refractivity contribution >= 4 is 18.2 Å². The zero-order valence-electron chi connectivity index (χ0n) is 20.8. The summed E-state index contributed by atoms with van der Waals surface area (Å²) in [5.41, 5.74) is -1.04. The molecule has 0 saturated carbocycles. The standard InChI is InChI=1S/C28H25F3O7/c1-27(2,3)38-26(36)24-18(7-11-22(25(24)35)28(29,30)31)15-37-20-8-5-17(6-9-20)21-10-4-16(13-23(33)34)12-19(21)14-32/h4-12,14,35H,13,15H2,1-3H3,(H,33,34). The summed E-state index contributed by atoms with van der Waals surface area (Å²) in [6, 6.07) is 12.9. The lowest BCUT2D eigenvalue weighted by Crippen LogP contribution is -2.25. The molecule has 0 spiro atoms. The Kier molecular flexibility index (Phi) is 8.14. The van der Waals surface area contributed by atoms with Gasteiger partial charge in [-0.25, -0.2) is 4.79 Å². The van der Waals surface area contributed by atoms with Gasteiger partial charge < -0.3 is 19.7 Å². The quantitative estimate of drug-likeness (QED) is 0.269. The van der Waals surface area contributed by atoms with Gasteiger partial charge in [-0.3, -0.25) is 9.59 Å². The van der Waals surface area contributed by atoms with E-state index < -0.39 is 40.6 Å². The van der Waals surface area contributed by atoms with Crippen molar-refractivity contribution < 1.29 is 47.2 Å². The summed E-state index contributed by atoms with van der Waals surface area (Å²) in [6.07, 6.45) is -4.48. The summed E-state index contributed by atoms with van der Waals surface area (Å²) < 4.78 is 50.9. The number of halogens is 3. The molecular weight excluding hydrogens is 505 g/mol. The fraction of sp³-hybridized carbons (Fsp3) is 0.250. The fourth-order valence-electron chi connectivity index (χ4n) is 3.69. The van der Waals surface area contributed by atoms with Crippen LogP contribution >= 0.6 is 0 Å². The monoisotopic (exact) mass is 530 g/mol. The van der Waals surface area contributed by atoms with Crippen molar-refractivity contribution in [2.24, 2.45) is 0 Å². The molecule has 10 heteroatoms. The first-order chi connectivity index (χ1) is 17.7. The minimum Gasteiger partial charge on any atom is -0.506 e. The van der Waals surface area contributed by atoms with Crippen LogP contribution in [0.15, 0.2) is 54.6 Å². The van der Waals surface area contributed by atoms with Crippen LogP contribution in [0.1, 0.15) is 58.2 Å². The van der Waals surface area contributed by atoms with Gasteiger partial charge in [0.2, 0.25) is 0 Å². The lowest BCUT2D eigenvalue weighted by Gasteiger charge is -2.22. The van der Waals surface area contributed by atoms with Gasteiger partial charge in [-0.05, 0) is 61.7 Å². The number of carboxylic acids is 1. The van der Waals surface area contributed by atoms with E-state index in [1.165, 1.54) is 6.07 Å². The molecule has 3 aromatic rings.